The van der Waals surface area contributed by atoms with E-state index in [1.165, 1.54) is 17.5 Å². The maximum absolute atomic E-state index is 4.11. The summed E-state index contributed by atoms with van der Waals surface area (Å²) in [6, 6.07) is 2.07. The van der Waals surface area contributed by atoms with Gasteiger partial charge in [-0.1, -0.05) is 13.8 Å². The molecule has 1 atom stereocenters. The number of nitrogens with zero attached hydrogens (tertiary/aromatic N) is 1. The summed E-state index contributed by atoms with van der Waals surface area (Å²) in [5, 5.41) is 0. The van der Waals surface area contributed by atoms with E-state index < -0.39 is 0 Å². The second-order valence-corrected chi connectivity index (χ2v) is 3.04. The Labute approximate surface area is 68.5 Å². The van der Waals surface area contributed by atoms with Crippen molar-refractivity contribution in [3.05, 3.63) is 29.6 Å². The number of rotatable bonds is 2. The van der Waals surface area contributed by atoms with Gasteiger partial charge in [-0.3, -0.25) is 4.98 Å². The summed E-state index contributed by atoms with van der Waals surface area (Å²) in [7, 11) is 0. The Balaban J connectivity index is 2.93. The first-order chi connectivity index (χ1) is 5.25. The van der Waals surface area contributed by atoms with E-state index in [4.69, 9.17) is 0 Å². The SMILES string of the molecule is CC[C@@H](C)c1cnccc1C. The van der Waals surface area contributed by atoms with Crippen LogP contribution < -0.4 is 0 Å². The molecule has 0 unspecified atom stereocenters. The highest BCUT2D eigenvalue weighted by molar-refractivity contribution is 5.24. The highest BCUT2D eigenvalue weighted by Crippen LogP contribution is 2.20. The minimum atomic E-state index is 0.642. The summed E-state index contributed by atoms with van der Waals surface area (Å²) in [6.45, 7) is 6.59. The molecule has 60 valence electrons. The Bertz CT molecular complexity index is 230. The highest BCUT2D eigenvalue weighted by Gasteiger charge is 2.04. The first kappa shape index (κ1) is 8.25. The van der Waals surface area contributed by atoms with Crippen LogP contribution in [-0.2, 0) is 0 Å². The van der Waals surface area contributed by atoms with Gasteiger partial charge >= 0.3 is 0 Å². The molecular formula is C10H15N. The topological polar surface area (TPSA) is 12.9 Å². The van der Waals surface area contributed by atoms with E-state index in [2.05, 4.69) is 31.8 Å². The summed E-state index contributed by atoms with van der Waals surface area (Å²) in [6.07, 6.45) is 5.01. The second-order valence-electron chi connectivity index (χ2n) is 3.04. The molecular weight excluding hydrogens is 134 g/mol. The van der Waals surface area contributed by atoms with Gasteiger partial charge in [-0.05, 0) is 36.5 Å². The van der Waals surface area contributed by atoms with Crippen molar-refractivity contribution in [3.8, 4) is 0 Å². The summed E-state index contributed by atoms with van der Waals surface area (Å²) >= 11 is 0. The van der Waals surface area contributed by atoms with Gasteiger partial charge in [-0.25, -0.2) is 0 Å². The first-order valence-corrected chi connectivity index (χ1v) is 4.16. The molecule has 1 aromatic heterocycles. The molecule has 1 rings (SSSR count). The Hall–Kier alpha value is -0.850. The maximum atomic E-state index is 4.11. The maximum Gasteiger partial charge on any atom is 0.0305 e. The molecule has 1 heterocycles. The standard InChI is InChI=1S/C10H15N/c1-4-8(2)10-7-11-6-5-9(10)3/h5-8H,4H2,1-3H3/t8-/m1/s1. The number of pyridine rings is 1. The zero-order valence-electron chi connectivity index (χ0n) is 7.46. The lowest BCUT2D eigenvalue weighted by molar-refractivity contribution is 0.724. The van der Waals surface area contributed by atoms with Crippen molar-refractivity contribution in [1.29, 1.82) is 0 Å². The normalized spacial score (nSPS) is 13.0. The van der Waals surface area contributed by atoms with E-state index >= 15 is 0 Å². The van der Waals surface area contributed by atoms with Crippen LogP contribution in [0.15, 0.2) is 18.5 Å². The molecule has 1 heteroatoms. The summed E-state index contributed by atoms with van der Waals surface area (Å²) in [5.41, 5.74) is 2.74. The van der Waals surface area contributed by atoms with Gasteiger partial charge < -0.3 is 0 Å². The fourth-order valence-corrected chi connectivity index (χ4v) is 1.21. The van der Waals surface area contributed by atoms with Gasteiger partial charge in [0.05, 0.1) is 0 Å². The van der Waals surface area contributed by atoms with E-state index in [0.29, 0.717) is 5.92 Å². The van der Waals surface area contributed by atoms with Crippen LogP contribution in [0.2, 0.25) is 0 Å². The Kier molecular flexibility index (Phi) is 2.64. The Morgan fingerprint density at radius 3 is 2.82 bits per heavy atom. The lowest BCUT2D eigenvalue weighted by Crippen LogP contribution is -1.95. The summed E-state index contributed by atoms with van der Waals surface area (Å²) in [4.78, 5) is 4.11. The molecule has 0 saturated heterocycles. The van der Waals surface area contributed by atoms with Crippen LogP contribution in [-0.4, -0.2) is 4.98 Å². The zero-order chi connectivity index (χ0) is 8.27. The predicted molar refractivity (Wildman–Crippen MR) is 47.7 cm³/mol. The van der Waals surface area contributed by atoms with Crippen molar-refractivity contribution in [2.24, 2.45) is 0 Å². The average Bonchev–Trinajstić information content (AvgIpc) is 2.04. The highest BCUT2D eigenvalue weighted by atomic mass is 14.6. The van der Waals surface area contributed by atoms with Crippen molar-refractivity contribution in [2.75, 3.05) is 0 Å². The average molecular weight is 149 g/mol. The first-order valence-electron chi connectivity index (χ1n) is 4.16. The van der Waals surface area contributed by atoms with Crippen molar-refractivity contribution < 1.29 is 0 Å². The van der Waals surface area contributed by atoms with E-state index in [1.54, 1.807) is 0 Å². The lowest BCUT2D eigenvalue weighted by Gasteiger charge is -2.10. The number of aryl methyl sites for hydroxylation is 1. The van der Waals surface area contributed by atoms with E-state index in [1.807, 2.05) is 12.4 Å². The molecule has 0 radical (unpaired) electrons. The monoisotopic (exact) mass is 149 g/mol. The van der Waals surface area contributed by atoms with Gasteiger partial charge in [-0.15, -0.1) is 0 Å². The zero-order valence-corrected chi connectivity index (χ0v) is 7.46. The van der Waals surface area contributed by atoms with Gasteiger partial charge in [-0.2, -0.15) is 0 Å². The van der Waals surface area contributed by atoms with Crippen LogP contribution in [0.25, 0.3) is 0 Å². The van der Waals surface area contributed by atoms with Crippen molar-refractivity contribution in [3.63, 3.8) is 0 Å². The molecule has 0 saturated carbocycles. The van der Waals surface area contributed by atoms with Gasteiger partial charge in [0, 0.05) is 12.4 Å². The summed E-state index contributed by atoms with van der Waals surface area (Å²) < 4.78 is 0. The van der Waals surface area contributed by atoms with Crippen LogP contribution in [0, 0.1) is 6.92 Å². The third kappa shape index (κ3) is 1.79. The Morgan fingerprint density at radius 1 is 1.55 bits per heavy atom. The van der Waals surface area contributed by atoms with E-state index in [-0.39, 0.29) is 0 Å². The van der Waals surface area contributed by atoms with Gasteiger partial charge in [0.2, 0.25) is 0 Å². The largest absolute Gasteiger partial charge is 0.264 e. The molecule has 0 fully saturated rings. The fourth-order valence-electron chi connectivity index (χ4n) is 1.21. The van der Waals surface area contributed by atoms with Crippen LogP contribution in [0.3, 0.4) is 0 Å². The second kappa shape index (κ2) is 3.51. The molecule has 1 nitrogen and oxygen atoms in total. The third-order valence-electron chi connectivity index (χ3n) is 2.22. The number of aromatic nitrogens is 1. The van der Waals surface area contributed by atoms with Crippen LogP contribution >= 0.6 is 0 Å². The summed E-state index contributed by atoms with van der Waals surface area (Å²) in [5.74, 6) is 0.642. The number of hydrogen-bond donors (Lipinski definition) is 0. The van der Waals surface area contributed by atoms with Gasteiger partial charge in [0.25, 0.3) is 0 Å². The fraction of sp³-hybridized carbons (Fsp3) is 0.500. The van der Waals surface area contributed by atoms with Crippen molar-refractivity contribution >= 4 is 0 Å². The lowest BCUT2D eigenvalue weighted by atomic mass is 9.97. The minimum Gasteiger partial charge on any atom is -0.264 e. The van der Waals surface area contributed by atoms with Crippen LogP contribution in [0.5, 0.6) is 0 Å². The molecule has 0 aromatic carbocycles. The minimum absolute atomic E-state index is 0.642. The molecule has 11 heavy (non-hydrogen) atoms. The molecule has 0 aliphatic heterocycles. The molecule has 0 bridgehead atoms. The quantitative estimate of drug-likeness (QED) is 0.630. The molecule has 0 aliphatic carbocycles. The van der Waals surface area contributed by atoms with Crippen molar-refractivity contribution in [2.45, 2.75) is 33.1 Å². The van der Waals surface area contributed by atoms with E-state index in [0.717, 1.165) is 0 Å². The molecule has 0 amide bonds. The predicted octanol–water partition coefficient (Wildman–Crippen LogP) is 2.90. The van der Waals surface area contributed by atoms with Gasteiger partial charge in [0.1, 0.15) is 0 Å². The van der Waals surface area contributed by atoms with Gasteiger partial charge in [0.15, 0.2) is 0 Å². The Morgan fingerprint density at radius 2 is 2.27 bits per heavy atom. The molecule has 0 aliphatic rings. The number of hydrogen-bond acceptors (Lipinski definition) is 1. The third-order valence-corrected chi connectivity index (χ3v) is 2.22. The van der Waals surface area contributed by atoms with Crippen LogP contribution in [0.1, 0.15) is 37.3 Å². The van der Waals surface area contributed by atoms with E-state index in [9.17, 15) is 0 Å². The molecule has 1 aromatic rings. The smallest absolute Gasteiger partial charge is 0.0305 e. The molecule has 0 N–H and O–H groups in total. The van der Waals surface area contributed by atoms with Crippen LogP contribution in [0.4, 0.5) is 0 Å². The van der Waals surface area contributed by atoms with Crippen molar-refractivity contribution in [1.82, 2.24) is 4.98 Å². The molecule has 0 spiro atoms.